The van der Waals surface area contributed by atoms with Gasteiger partial charge in [0.15, 0.2) is 0 Å². The van der Waals surface area contributed by atoms with Crippen LogP contribution in [-0.2, 0) is 4.79 Å². The number of aliphatic carboxylic acids is 1. The van der Waals surface area contributed by atoms with E-state index in [2.05, 4.69) is 25.6 Å². The Hall–Kier alpha value is -4.11. The zero-order valence-electron chi connectivity index (χ0n) is 17.1. The van der Waals surface area contributed by atoms with Crippen LogP contribution in [-0.4, -0.2) is 56.7 Å². The molecule has 1 aliphatic rings. The van der Waals surface area contributed by atoms with Crippen molar-refractivity contribution in [3.05, 3.63) is 67.3 Å². The van der Waals surface area contributed by atoms with Crippen LogP contribution in [0.15, 0.2) is 67.3 Å². The summed E-state index contributed by atoms with van der Waals surface area (Å²) in [6.45, 7) is 1.64. The van der Waals surface area contributed by atoms with Crippen LogP contribution in [0.1, 0.15) is 0 Å². The third-order valence-corrected chi connectivity index (χ3v) is 5.40. The normalized spacial score (nSPS) is 16.1. The van der Waals surface area contributed by atoms with Crippen LogP contribution in [0.3, 0.4) is 0 Å². The van der Waals surface area contributed by atoms with E-state index in [-0.39, 0.29) is 0 Å². The molecule has 5 rings (SSSR count). The van der Waals surface area contributed by atoms with Crippen LogP contribution in [0.25, 0.3) is 22.0 Å². The molecule has 0 aliphatic carbocycles. The maximum absolute atomic E-state index is 11.7. The first-order valence-corrected chi connectivity index (χ1v) is 10.3. The van der Waals surface area contributed by atoms with E-state index in [1.54, 1.807) is 24.8 Å². The minimum atomic E-state index is -0.872. The summed E-state index contributed by atoms with van der Waals surface area (Å²) in [6.07, 6.45) is 6.57. The van der Waals surface area contributed by atoms with Crippen molar-refractivity contribution in [3.63, 3.8) is 0 Å². The van der Waals surface area contributed by atoms with Crippen molar-refractivity contribution >= 4 is 34.2 Å². The van der Waals surface area contributed by atoms with Crippen molar-refractivity contribution in [1.82, 2.24) is 25.3 Å². The third-order valence-electron chi connectivity index (χ3n) is 5.40. The molecule has 1 fully saturated rings. The van der Waals surface area contributed by atoms with Gasteiger partial charge in [-0.15, -0.1) is 0 Å². The molecule has 32 heavy (non-hydrogen) atoms. The molecule has 0 amide bonds. The van der Waals surface area contributed by atoms with E-state index < -0.39 is 12.0 Å². The number of nitrogens with one attached hydrogen (secondary N) is 2. The Morgan fingerprint density at radius 2 is 2.00 bits per heavy atom. The van der Waals surface area contributed by atoms with Crippen molar-refractivity contribution in [2.45, 2.75) is 6.04 Å². The molecular weight excluding hydrogens is 406 g/mol. The Balaban J connectivity index is 1.58. The molecule has 0 bridgehead atoms. The van der Waals surface area contributed by atoms with Crippen molar-refractivity contribution in [3.8, 4) is 11.3 Å². The Morgan fingerprint density at radius 1 is 1.09 bits per heavy atom. The lowest BCUT2D eigenvalue weighted by atomic mass is 10.0. The molecule has 1 unspecified atom stereocenters. The van der Waals surface area contributed by atoms with Gasteiger partial charge in [0.25, 0.3) is 0 Å². The van der Waals surface area contributed by atoms with E-state index in [1.165, 1.54) is 0 Å². The summed E-state index contributed by atoms with van der Waals surface area (Å²) in [5, 5.41) is 18.0. The molecule has 1 aromatic carbocycles. The number of rotatable bonds is 5. The van der Waals surface area contributed by atoms with Gasteiger partial charge in [0, 0.05) is 49.2 Å². The number of benzene rings is 1. The smallest absolute Gasteiger partial charge is 0.327 e. The standard InChI is InChI=1S/C23H21N7O2/c31-23(32)18-13-25-9-10-30(18)21-12-16(5-6-27-21)22-17-4-2-1-3-15(17)11-19(29-22)28-20-14-24-7-8-26-20/h1-8,11-12,14,18,25H,9-10,13H2,(H,31,32)(H,26,28,29). The van der Waals surface area contributed by atoms with E-state index in [1.807, 2.05) is 47.4 Å². The van der Waals surface area contributed by atoms with Crippen LogP contribution < -0.4 is 15.5 Å². The minimum Gasteiger partial charge on any atom is -0.480 e. The number of carbonyl (C=O) groups is 1. The van der Waals surface area contributed by atoms with E-state index in [9.17, 15) is 9.90 Å². The first-order valence-electron chi connectivity index (χ1n) is 10.3. The van der Waals surface area contributed by atoms with Crippen LogP contribution >= 0.6 is 0 Å². The van der Waals surface area contributed by atoms with Gasteiger partial charge in [-0.25, -0.2) is 19.7 Å². The summed E-state index contributed by atoms with van der Waals surface area (Å²) in [5.74, 6) is 0.989. The molecule has 0 spiro atoms. The highest BCUT2D eigenvalue weighted by molar-refractivity contribution is 5.97. The average molecular weight is 427 g/mol. The number of carboxylic acid groups (broad SMARTS) is 1. The van der Waals surface area contributed by atoms with Crippen molar-refractivity contribution in [2.24, 2.45) is 0 Å². The van der Waals surface area contributed by atoms with Crippen LogP contribution in [0.4, 0.5) is 17.5 Å². The number of carboxylic acids is 1. The van der Waals surface area contributed by atoms with E-state index in [0.717, 1.165) is 22.0 Å². The second-order valence-corrected chi connectivity index (χ2v) is 7.45. The second-order valence-electron chi connectivity index (χ2n) is 7.45. The van der Waals surface area contributed by atoms with Gasteiger partial charge in [-0.05, 0) is 23.6 Å². The molecule has 160 valence electrons. The SMILES string of the molecule is O=C(O)C1CNCCN1c1cc(-c2nc(Nc3cnccn3)cc3ccccc23)ccn1. The van der Waals surface area contributed by atoms with Gasteiger partial charge in [-0.2, -0.15) is 0 Å². The number of hydrogen-bond donors (Lipinski definition) is 3. The summed E-state index contributed by atoms with van der Waals surface area (Å²) in [4.78, 5) is 31.2. The highest BCUT2D eigenvalue weighted by Crippen LogP contribution is 2.31. The van der Waals surface area contributed by atoms with Gasteiger partial charge in [0.05, 0.1) is 11.9 Å². The minimum absolute atomic E-state index is 0.375. The number of anilines is 3. The molecule has 0 saturated carbocycles. The molecule has 0 radical (unpaired) electrons. The summed E-state index contributed by atoms with van der Waals surface area (Å²) >= 11 is 0. The molecule has 1 atom stereocenters. The third kappa shape index (κ3) is 3.93. The topological polar surface area (TPSA) is 116 Å². The number of pyridine rings is 2. The largest absolute Gasteiger partial charge is 0.480 e. The van der Waals surface area contributed by atoms with Gasteiger partial charge >= 0.3 is 5.97 Å². The van der Waals surface area contributed by atoms with Crippen molar-refractivity contribution < 1.29 is 9.90 Å². The summed E-state index contributed by atoms with van der Waals surface area (Å²) < 4.78 is 0. The van der Waals surface area contributed by atoms with Gasteiger partial charge in [0.1, 0.15) is 23.5 Å². The molecule has 4 heterocycles. The molecule has 1 saturated heterocycles. The highest BCUT2D eigenvalue weighted by Gasteiger charge is 2.29. The van der Waals surface area contributed by atoms with Gasteiger partial charge < -0.3 is 20.6 Å². The molecule has 4 aromatic rings. The molecule has 3 aromatic heterocycles. The van der Waals surface area contributed by atoms with Crippen LogP contribution in [0.2, 0.25) is 0 Å². The number of nitrogens with zero attached hydrogens (tertiary/aromatic N) is 5. The summed E-state index contributed by atoms with van der Waals surface area (Å²) in [5.41, 5.74) is 1.64. The predicted octanol–water partition coefficient (Wildman–Crippen LogP) is 2.69. The molecule has 9 nitrogen and oxygen atoms in total. The zero-order chi connectivity index (χ0) is 21.9. The Bertz CT molecular complexity index is 1270. The van der Waals surface area contributed by atoms with Gasteiger partial charge in [-0.1, -0.05) is 24.3 Å². The predicted molar refractivity (Wildman–Crippen MR) is 122 cm³/mol. The van der Waals surface area contributed by atoms with Gasteiger partial charge in [-0.3, -0.25) is 4.98 Å². The van der Waals surface area contributed by atoms with Crippen molar-refractivity contribution in [2.75, 3.05) is 29.9 Å². The highest BCUT2D eigenvalue weighted by atomic mass is 16.4. The fourth-order valence-electron chi connectivity index (χ4n) is 3.90. The van der Waals surface area contributed by atoms with E-state index in [0.29, 0.717) is 37.1 Å². The summed E-state index contributed by atoms with van der Waals surface area (Å²) in [7, 11) is 0. The molecule has 3 N–H and O–H groups in total. The number of hydrogen-bond acceptors (Lipinski definition) is 8. The molecular formula is C23H21N7O2. The number of aromatic nitrogens is 4. The summed E-state index contributed by atoms with van der Waals surface area (Å²) in [6, 6.07) is 13.1. The first kappa shape index (κ1) is 19.8. The van der Waals surface area contributed by atoms with Crippen LogP contribution in [0, 0.1) is 0 Å². The second kappa shape index (κ2) is 8.56. The average Bonchev–Trinajstić information content (AvgIpc) is 2.84. The van der Waals surface area contributed by atoms with Gasteiger partial charge in [0.2, 0.25) is 0 Å². The fourth-order valence-corrected chi connectivity index (χ4v) is 3.90. The monoisotopic (exact) mass is 427 g/mol. The zero-order valence-corrected chi connectivity index (χ0v) is 17.1. The quantitative estimate of drug-likeness (QED) is 0.442. The Morgan fingerprint density at radius 3 is 2.84 bits per heavy atom. The Kier molecular flexibility index (Phi) is 5.30. The van der Waals surface area contributed by atoms with Crippen molar-refractivity contribution in [1.29, 1.82) is 0 Å². The number of fused-ring (bicyclic) bond motifs is 1. The lowest BCUT2D eigenvalue weighted by Gasteiger charge is -2.34. The van der Waals surface area contributed by atoms with E-state index in [4.69, 9.17) is 4.98 Å². The lowest BCUT2D eigenvalue weighted by molar-refractivity contribution is -0.138. The fraction of sp³-hybridized carbons (Fsp3) is 0.174. The Labute approximate surface area is 184 Å². The number of piperazine rings is 1. The van der Waals surface area contributed by atoms with E-state index >= 15 is 0 Å². The lowest BCUT2D eigenvalue weighted by Crippen LogP contribution is -2.55. The maximum Gasteiger partial charge on any atom is 0.327 e. The van der Waals surface area contributed by atoms with Crippen LogP contribution in [0.5, 0.6) is 0 Å². The maximum atomic E-state index is 11.7. The first-order chi connectivity index (χ1) is 15.7. The molecule has 9 heteroatoms. The molecule has 1 aliphatic heterocycles.